The zero-order chi connectivity index (χ0) is 16.9. The number of amides is 3. The quantitative estimate of drug-likeness (QED) is 0.840. The van der Waals surface area contributed by atoms with E-state index in [4.69, 9.17) is 4.52 Å². The van der Waals surface area contributed by atoms with Gasteiger partial charge in [0.15, 0.2) is 5.76 Å². The molecular weight excluding hydrogens is 315 g/mol. The minimum absolute atomic E-state index is 0.156. The first-order valence-electron chi connectivity index (χ1n) is 8.41. The molecule has 24 heavy (non-hydrogen) atoms. The second kappa shape index (κ2) is 5.54. The molecule has 1 spiro atoms. The third kappa shape index (κ3) is 2.49. The molecule has 7 nitrogen and oxygen atoms in total. The Hall–Kier alpha value is -1.96. The maximum Gasteiger partial charge on any atom is 0.325 e. The molecule has 1 saturated carbocycles. The van der Waals surface area contributed by atoms with Crippen LogP contribution in [0.1, 0.15) is 37.1 Å². The van der Waals surface area contributed by atoms with Crippen molar-refractivity contribution in [3.8, 4) is 0 Å². The Morgan fingerprint density at radius 1 is 1.46 bits per heavy atom. The highest BCUT2D eigenvalue weighted by Crippen LogP contribution is 2.37. The lowest BCUT2D eigenvalue weighted by Gasteiger charge is -2.35. The van der Waals surface area contributed by atoms with E-state index in [0.717, 1.165) is 12.1 Å². The predicted octanol–water partition coefficient (Wildman–Crippen LogP) is 1.37. The van der Waals surface area contributed by atoms with Gasteiger partial charge >= 0.3 is 6.03 Å². The van der Waals surface area contributed by atoms with Crippen LogP contribution in [0.3, 0.4) is 0 Å². The van der Waals surface area contributed by atoms with Gasteiger partial charge in [-0.15, -0.1) is 0 Å². The Morgan fingerprint density at radius 3 is 2.83 bits per heavy atom. The number of aromatic nitrogens is 1. The van der Waals surface area contributed by atoms with Gasteiger partial charge in [0, 0.05) is 25.2 Å². The lowest BCUT2D eigenvalue weighted by molar-refractivity contribution is -0.134. The predicted molar refractivity (Wildman–Crippen MR) is 81.8 cm³/mol. The number of rotatable bonds is 4. The van der Waals surface area contributed by atoms with Crippen molar-refractivity contribution in [2.45, 2.75) is 56.9 Å². The Morgan fingerprint density at radius 2 is 2.25 bits per heavy atom. The molecule has 3 aliphatic rings. The highest BCUT2D eigenvalue weighted by atomic mass is 19.1. The first-order valence-corrected chi connectivity index (χ1v) is 8.41. The van der Waals surface area contributed by atoms with Crippen LogP contribution in [0.15, 0.2) is 10.6 Å². The van der Waals surface area contributed by atoms with Crippen molar-refractivity contribution in [1.29, 1.82) is 0 Å². The largest absolute Gasteiger partial charge is 0.360 e. The third-order valence-electron chi connectivity index (χ3n) is 5.36. The lowest BCUT2D eigenvalue weighted by Crippen LogP contribution is -2.53. The molecule has 3 fully saturated rings. The summed E-state index contributed by atoms with van der Waals surface area (Å²) < 4.78 is 19.1. The molecule has 1 aliphatic carbocycles. The van der Waals surface area contributed by atoms with Crippen LogP contribution in [0.2, 0.25) is 0 Å². The van der Waals surface area contributed by atoms with E-state index in [1.54, 1.807) is 0 Å². The Labute approximate surface area is 139 Å². The van der Waals surface area contributed by atoms with Crippen molar-refractivity contribution in [3.63, 3.8) is 0 Å². The van der Waals surface area contributed by atoms with Crippen molar-refractivity contribution < 1.29 is 18.5 Å². The Kier molecular flexibility index (Phi) is 3.59. The van der Waals surface area contributed by atoms with E-state index in [1.807, 2.05) is 17.9 Å². The van der Waals surface area contributed by atoms with E-state index in [9.17, 15) is 14.0 Å². The molecule has 0 bridgehead atoms. The summed E-state index contributed by atoms with van der Waals surface area (Å²) in [5.74, 6) is 0.510. The van der Waals surface area contributed by atoms with Gasteiger partial charge in [-0.2, -0.15) is 0 Å². The van der Waals surface area contributed by atoms with Gasteiger partial charge in [-0.05, 0) is 32.6 Å². The van der Waals surface area contributed by atoms with Gasteiger partial charge in [-0.1, -0.05) is 5.16 Å². The average molecular weight is 336 g/mol. The van der Waals surface area contributed by atoms with Gasteiger partial charge in [-0.3, -0.25) is 14.6 Å². The molecule has 2 atom stereocenters. The number of nitrogens with one attached hydrogen (secondary N) is 1. The van der Waals surface area contributed by atoms with Crippen LogP contribution in [0.5, 0.6) is 0 Å². The second-order valence-corrected chi connectivity index (χ2v) is 7.13. The number of imide groups is 1. The number of aryl methyl sites for hydroxylation is 1. The van der Waals surface area contributed by atoms with Crippen molar-refractivity contribution in [2.24, 2.45) is 0 Å². The molecule has 0 aromatic carbocycles. The van der Waals surface area contributed by atoms with Crippen LogP contribution < -0.4 is 5.32 Å². The Balaban J connectivity index is 1.46. The van der Waals surface area contributed by atoms with Crippen molar-refractivity contribution in [2.75, 3.05) is 13.1 Å². The molecule has 1 aromatic heterocycles. The highest BCUT2D eigenvalue weighted by molar-refractivity contribution is 6.07. The number of nitrogens with zero attached hydrogens (tertiary/aromatic N) is 3. The number of carbonyl (C=O) groups is 2. The van der Waals surface area contributed by atoms with Crippen molar-refractivity contribution in [1.82, 2.24) is 20.3 Å². The molecule has 1 aromatic rings. The number of hydrogen-bond acceptors (Lipinski definition) is 5. The lowest BCUT2D eigenvalue weighted by atomic mass is 9.77. The van der Waals surface area contributed by atoms with Gasteiger partial charge in [0.05, 0.1) is 12.2 Å². The van der Waals surface area contributed by atoms with Crippen LogP contribution in [0, 0.1) is 6.92 Å². The topological polar surface area (TPSA) is 78.7 Å². The monoisotopic (exact) mass is 336 g/mol. The van der Waals surface area contributed by atoms with E-state index in [0.29, 0.717) is 31.6 Å². The summed E-state index contributed by atoms with van der Waals surface area (Å²) in [6, 6.07) is 1.27. The molecule has 4 rings (SSSR count). The summed E-state index contributed by atoms with van der Waals surface area (Å²) in [5, 5.41) is 6.66. The zero-order valence-electron chi connectivity index (χ0n) is 13.6. The number of likely N-dealkylation sites (tertiary alicyclic amines) is 1. The fourth-order valence-corrected chi connectivity index (χ4v) is 3.92. The van der Waals surface area contributed by atoms with Crippen LogP contribution in [0.25, 0.3) is 0 Å². The molecule has 2 aliphatic heterocycles. The second-order valence-electron chi connectivity index (χ2n) is 7.13. The van der Waals surface area contributed by atoms with Gasteiger partial charge < -0.3 is 9.84 Å². The van der Waals surface area contributed by atoms with E-state index in [-0.39, 0.29) is 31.1 Å². The van der Waals surface area contributed by atoms with Gasteiger partial charge in [0.2, 0.25) is 0 Å². The fourth-order valence-electron chi connectivity index (χ4n) is 3.92. The van der Waals surface area contributed by atoms with Crippen LogP contribution >= 0.6 is 0 Å². The third-order valence-corrected chi connectivity index (χ3v) is 5.36. The molecular formula is C16H21FN4O3. The summed E-state index contributed by atoms with van der Waals surface area (Å²) in [6.45, 7) is 2.76. The molecule has 0 unspecified atom stereocenters. The smallest absolute Gasteiger partial charge is 0.325 e. The molecule has 8 heteroatoms. The van der Waals surface area contributed by atoms with Crippen LogP contribution in [0.4, 0.5) is 9.18 Å². The van der Waals surface area contributed by atoms with Gasteiger partial charge in [0.1, 0.15) is 11.7 Å². The maximum absolute atomic E-state index is 13.9. The standard InChI is InChI=1S/C16H21FN4O3/c1-10-5-13(24-19-10)9-20-7-11(17)6-12(20)8-21-14(22)16(3-2-4-16)18-15(21)23/h5,11-12H,2-4,6-9H2,1H3,(H,18,23)/t11-,12-/m0/s1. The van der Waals surface area contributed by atoms with Crippen molar-refractivity contribution >= 4 is 11.9 Å². The molecule has 1 N–H and O–H groups in total. The minimum Gasteiger partial charge on any atom is -0.360 e. The van der Waals surface area contributed by atoms with Crippen molar-refractivity contribution in [3.05, 3.63) is 17.5 Å². The molecule has 3 amide bonds. The Bertz CT molecular complexity index is 672. The normalized spacial score (nSPS) is 29.3. The SMILES string of the molecule is Cc1cc(CN2C[C@@H](F)C[C@H]2CN2C(=O)NC3(CCC3)C2=O)on1. The average Bonchev–Trinajstić information content (AvgIpc) is 3.12. The van der Waals surface area contributed by atoms with E-state index in [2.05, 4.69) is 10.5 Å². The first kappa shape index (κ1) is 15.6. The molecule has 3 heterocycles. The minimum atomic E-state index is -0.961. The first-order chi connectivity index (χ1) is 11.5. The number of hydrogen-bond donors (Lipinski definition) is 1. The van der Waals surface area contributed by atoms with Crippen LogP contribution in [-0.4, -0.2) is 57.7 Å². The summed E-state index contributed by atoms with van der Waals surface area (Å²) in [7, 11) is 0. The van der Waals surface area contributed by atoms with Crippen LogP contribution in [-0.2, 0) is 11.3 Å². The summed E-state index contributed by atoms with van der Waals surface area (Å²) in [4.78, 5) is 27.9. The van der Waals surface area contributed by atoms with E-state index >= 15 is 0 Å². The zero-order valence-corrected chi connectivity index (χ0v) is 13.6. The number of carbonyl (C=O) groups excluding carboxylic acids is 2. The molecule has 130 valence electrons. The van der Waals surface area contributed by atoms with Gasteiger partial charge in [-0.25, -0.2) is 9.18 Å². The molecule has 2 saturated heterocycles. The van der Waals surface area contributed by atoms with Gasteiger partial charge in [0.25, 0.3) is 5.91 Å². The van der Waals surface area contributed by atoms with E-state index < -0.39 is 11.7 Å². The summed E-state index contributed by atoms with van der Waals surface area (Å²) in [5.41, 5.74) is 0.0936. The number of alkyl halides is 1. The van der Waals surface area contributed by atoms with E-state index in [1.165, 1.54) is 4.90 Å². The summed E-state index contributed by atoms with van der Waals surface area (Å²) in [6.07, 6.45) is 1.71. The maximum atomic E-state index is 13.9. The number of urea groups is 1. The molecule has 0 radical (unpaired) electrons. The fraction of sp³-hybridized carbons (Fsp3) is 0.688. The highest BCUT2D eigenvalue weighted by Gasteiger charge is 2.55. The summed E-state index contributed by atoms with van der Waals surface area (Å²) >= 11 is 0. The number of halogens is 1.